The summed E-state index contributed by atoms with van der Waals surface area (Å²) >= 11 is 0. The number of hydrogen-bond acceptors (Lipinski definition) is 3. The van der Waals surface area contributed by atoms with E-state index in [4.69, 9.17) is 0 Å². The third kappa shape index (κ3) is 6.02. The lowest BCUT2D eigenvalue weighted by molar-refractivity contribution is 0.459. The first-order valence-corrected chi connectivity index (χ1v) is 8.73. The molecule has 0 bridgehead atoms. The van der Waals surface area contributed by atoms with E-state index in [9.17, 15) is 8.78 Å². The number of hydrogen-bond donors (Lipinski definition) is 2. The summed E-state index contributed by atoms with van der Waals surface area (Å²) in [5.74, 6) is 0.700. The maximum atomic E-state index is 13.7. The van der Waals surface area contributed by atoms with E-state index in [1.54, 1.807) is 13.2 Å². The largest absolute Gasteiger partial charge is 0.356 e. The average molecular weight is 487 g/mol. The molecule has 1 aliphatic heterocycles. The SMILES string of the molecule is CN=C(NCc1cc(F)ccc1F)NC1CCN(c2ccccn2)CC1.I. The Morgan fingerprint density at radius 1 is 1.22 bits per heavy atom. The van der Waals surface area contributed by atoms with Crippen LogP contribution < -0.4 is 15.5 Å². The van der Waals surface area contributed by atoms with E-state index in [2.05, 4.69) is 25.5 Å². The van der Waals surface area contributed by atoms with Gasteiger partial charge in [0.15, 0.2) is 5.96 Å². The van der Waals surface area contributed by atoms with Crippen LogP contribution in [-0.2, 0) is 6.54 Å². The van der Waals surface area contributed by atoms with E-state index < -0.39 is 11.6 Å². The molecular formula is C19H24F2IN5. The summed E-state index contributed by atoms with van der Waals surface area (Å²) in [6, 6.07) is 9.64. The lowest BCUT2D eigenvalue weighted by atomic mass is 10.1. The van der Waals surface area contributed by atoms with Crippen LogP contribution in [0.4, 0.5) is 14.6 Å². The molecule has 0 aliphatic carbocycles. The fraction of sp³-hybridized carbons (Fsp3) is 0.368. The van der Waals surface area contributed by atoms with Crippen LogP contribution in [-0.4, -0.2) is 37.1 Å². The molecule has 0 amide bonds. The summed E-state index contributed by atoms with van der Waals surface area (Å²) in [5, 5.41) is 6.41. The van der Waals surface area contributed by atoms with Gasteiger partial charge in [-0.15, -0.1) is 24.0 Å². The van der Waals surface area contributed by atoms with Crippen molar-refractivity contribution >= 4 is 35.8 Å². The zero-order chi connectivity index (χ0) is 18.4. The third-order valence-corrected chi connectivity index (χ3v) is 4.49. The number of nitrogens with zero attached hydrogens (tertiary/aromatic N) is 3. The van der Waals surface area contributed by atoms with Gasteiger partial charge in [-0.05, 0) is 43.2 Å². The van der Waals surface area contributed by atoms with Crippen molar-refractivity contribution in [2.24, 2.45) is 4.99 Å². The van der Waals surface area contributed by atoms with Gasteiger partial charge >= 0.3 is 0 Å². The predicted octanol–water partition coefficient (Wildman–Crippen LogP) is 3.31. The topological polar surface area (TPSA) is 52.6 Å². The van der Waals surface area contributed by atoms with Gasteiger partial charge < -0.3 is 15.5 Å². The molecule has 0 atom stereocenters. The average Bonchev–Trinajstić information content (AvgIpc) is 2.68. The molecule has 0 spiro atoms. The first-order valence-electron chi connectivity index (χ1n) is 8.73. The smallest absolute Gasteiger partial charge is 0.191 e. The van der Waals surface area contributed by atoms with Gasteiger partial charge in [-0.2, -0.15) is 0 Å². The molecule has 146 valence electrons. The molecule has 1 fully saturated rings. The number of pyridine rings is 1. The van der Waals surface area contributed by atoms with E-state index >= 15 is 0 Å². The second-order valence-corrected chi connectivity index (χ2v) is 6.26. The van der Waals surface area contributed by atoms with Crippen LogP contribution in [0.5, 0.6) is 0 Å². The Kier molecular flexibility index (Phi) is 8.21. The Hall–Kier alpha value is -1.97. The van der Waals surface area contributed by atoms with Crippen LogP contribution in [0.1, 0.15) is 18.4 Å². The van der Waals surface area contributed by atoms with Gasteiger partial charge in [0.1, 0.15) is 17.5 Å². The third-order valence-electron chi connectivity index (χ3n) is 4.49. The monoisotopic (exact) mass is 487 g/mol. The number of halogens is 3. The minimum atomic E-state index is -0.451. The van der Waals surface area contributed by atoms with Crippen molar-refractivity contribution in [3.05, 3.63) is 59.8 Å². The van der Waals surface area contributed by atoms with Gasteiger partial charge in [0.25, 0.3) is 0 Å². The van der Waals surface area contributed by atoms with Gasteiger partial charge in [-0.1, -0.05) is 6.07 Å². The Morgan fingerprint density at radius 2 is 2.00 bits per heavy atom. The summed E-state index contributed by atoms with van der Waals surface area (Å²) in [4.78, 5) is 10.8. The summed E-state index contributed by atoms with van der Waals surface area (Å²) in [6.07, 6.45) is 3.70. The van der Waals surface area contributed by atoms with Crippen molar-refractivity contribution in [1.29, 1.82) is 0 Å². The minimum absolute atomic E-state index is 0. The molecule has 1 aromatic carbocycles. The van der Waals surface area contributed by atoms with Crippen LogP contribution in [0.2, 0.25) is 0 Å². The lowest BCUT2D eigenvalue weighted by Crippen LogP contribution is -2.48. The molecule has 1 saturated heterocycles. The molecule has 0 saturated carbocycles. The molecular weight excluding hydrogens is 463 g/mol. The summed E-state index contributed by atoms with van der Waals surface area (Å²) in [6.45, 7) is 1.99. The maximum absolute atomic E-state index is 13.7. The second kappa shape index (κ2) is 10.4. The van der Waals surface area contributed by atoms with Crippen LogP contribution in [0.3, 0.4) is 0 Å². The number of aliphatic imine (C=N–C) groups is 1. The lowest BCUT2D eigenvalue weighted by Gasteiger charge is -2.33. The van der Waals surface area contributed by atoms with Crippen molar-refractivity contribution in [3.63, 3.8) is 0 Å². The number of aromatic nitrogens is 1. The highest BCUT2D eigenvalue weighted by molar-refractivity contribution is 14.0. The summed E-state index contributed by atoms with van der Waals surface area (Å²) in [7, 11) is 1.67. The molecule has 8 heteroatoms. The Balaban J connectivity index is 0.00000261. The Bertz CT molecular complexity index is 749. The predicted molar refractivity (Wildman–Crippen MR) is 115 cm³/mol. The van der Waals surface area contributed by atoms with E-state index in [0.717, 1.165) is 43.9 Å². The molecule has 5 nitrogen and oxygen atoms in total. The molecule has 2 aromatic rings. The first kappa shape index (κ1) is 21.3. The molecule has 0 unspecified atom stereocenters. The van der Waals surface area contributed by atoms with Gasteiger partial charge in [-0.3, -0.25) is 4.99 Å². The van der Waals surface area contributed by atoms with E-state index in [-0.39, 0.29) is 42.1 Å². The standard InChI is InChI=1S/C19H23F2N5.HI/c1-22-19(24-13-14-12-15(20)5-6-17(14)21)25-16-7-10-26(11-8-16)18-4-2-3-9-23-18;/h2-6,9,12,16H,7-8,10-11,13H2,1H3,(H2,22,24,25);1H. The number of guanidine groups is 1. The quantitative estimate of drug-likeness (QED) is 0.395. The highest BCUT2D eigenvalue weighted by Gasteiger charge is 2.20. The molecule has 2 N–H and O–H groups in total. The molecule has 1 aromatic heterocycles. The molecule has 2 heterocycles. The van der Waals surface area contributed by atoms with Crippen molar-refractivity contribution in [3.8, 4) is 0 Å². The molecule has 0 radical (unpaired) electrons. The minimum Gasteiger partial charge on any atom is -0.356 e. The van der Waals surface area contributed by atoms with Crippen LogP contribution in [0, 0.1) is 11.6 Å². The molecule has 27 heavy (non-hydrogen) atoms. The Labute approximate surface area is 175 Å². The molecule has 1 aliphatic rings. The van der Waals surface area contributed by atoms with Crippen LogP contribution in [0.25, 0.3) is 0 Å². The van der Waals surface area contributed by atoms with Gasteiger partial charge in [-0.25, -0.2) is 13.8 Å². The zero-order valence-corrected chi connectivity index (χ0v) is 17.5. The number of rotatable bonds is 4. The van der Waals surface area contributed by atoms with Crippen molar-refractivity contribution in [1.82, 2.24) is 15.6 Å². The summed E-state index contributed by atoms with van der Waals surface area (Å²) < 4.78 is 27.0. The van der Waals surface area contributed by atoms with Crippen molar-refractivity contribution in [2.75, 3.05) is 25.0 Å². The number of benzene rings is 1. The van der Waals surface area contributed by atoms with Gasteiger partial charge in [0.2, 0.25) is 0 Å². The van der Waals surface area contributed by atoms with Crippen LogP contribution in [0.15, 0.2) is 47.6 Å². The van der Waals surface area contributed by atoms with E-state index in [1.165, 1.54) is 6.07 Å². The fourth-order valence-corrected chi connectivity index (χ4v) is 3.04. The summed E-state index contributed by atoms with van der Waals surface area (Å²) in [5.41, 5.74) is 0.276. The second-order valence-electron chi connectivity index (χ2n) is 6.26. The molecule has 3 rings (SSSR count). The number of nitrogens with one attached hydrogen (secondary N) is 2. The highest BCUT2D eigenvalue weighted by Crippen LogP contribution is 2.17. The Morgan fingerprint density at radius 3 is 2.67 bits per heavy atom. The van der Waals surface area contributed by atoms with Gasteiger partial charge in [0, 0.05) is 44.5 Å². The normalized spacial score (nSPS) is 15.2. The van der Waals surface area contributed by atoms with Crippen molar-refractivity contribution < 1.29 is 8.78 Å². The van der Waals surface area contributed by atoms with Crippen molar-refractivity contribution in [2.45, 2.75) is 25.4 Å². The van der Waals surface area contributed by atoms with E-state index in [0.29, 0.717) is 5.96 Å². The fourth-order valence-electron chi connectivity index (χ4n) is 3.04. The van der Waals surface area contributed by atoms with E-state index in [1.807, 2.05) is 18.2 Å². The number of anilines is 1. The first-order chi connectivity index (χ1) is 12.7. The maximum Gasteiger partial charge on any atom is 0.191 e. The zero-order valence-electron chi connectivity index (χ0n) is 15.2. The highest BCUT2D eigenvalue weighted by atomic mass is 127. The number of piperidine rings is 1. The van der Waals surface area contributed by atoms with Crippen LogP contribution >= 0.6 is 24.0 Å². The van der Waals surface area contributed by atoms with Gasteiger partial charge in [0.05, 0.1) is 0 Å².